The minimum atomic E-state index is -0.953. The van der Waals surface area contributed by atoms with Crippen LogP contribution in [-0.2, 0) is 6.54 Å². The number of carbonyl (C=O) groups is 1. The first-order chi connectivity index (χ1) is 8.97. The Morgan fingerprint density at radius 3 is 2.79 bits per heavy atom. The molecule has 0 spiro atoms. The fourth-order valence-corrected chi connectivity index (χ4v) is 3.43. The molecule has 19 heavy (non-hydrogen) atoms. The van der Waals surface area contributed by atoms with Gasteiger partial charge in [0, 0.05) is 26.8 Å². The molecule has 1 aromatic heterocycles. The van der Waals surface area contributed by atoms with Crippen molar-refractivity contribution in [2.75, 3.05) is 11.9 Å². The highest BCUT2D eigenvalue weighted by atomic mass is 79.9. The van der Waals surface area contributed by atoms with Crippen LogP contribution in [0.5, 0.6) is 0 Å². The summed E-state index contributed by atoms with van der Waals surface area (Å²) in [5.41, 5.74) is 0.868. The molecule has 0 aliphatic rings. The van der Waals surface area contributed by atoms with E-state index in [1.54, 1.807) is 23.5 Å². The number of rotatable bonds is 4. The molecule has 0 bridgehead atoms. The average molecular weight is 361 g/mol. The van der Waals surface area contributed by atoms with E-state index in [9.17, 15) is 9.90 Å². The van der Waals surface area contributed by atoms with Gasteiger partial charge in [0.1, 0.15) is 0 Å². The van der Waals surface area contributed by atoms with E-state index in [1.165, 1.54) is 6.07 Å². The van der Waals surface area contributed by atoms with Gasteiger partial charge < -0.3 is 10.0 Å². The molecule has 1 aromatic carbocycles. The van der Waals surface area contributed by atoms with Crippen LogP contribution in [0.2, 0.25) is 5.02 Å². The van der Waals surface area contributed by atoms with Crippen LogP contribution in [0.1, 0.15) is 15.2 Å². The Labute approximate surface area is 128 Å². The number of thiophene rings is 1. The summed E-state index contributed by atoms with van der Waals surface area (Å²) in [5.74, 6) is -0.953. The second-order valence-corrected chi connectivity index (χ2v) is 6.40. The van der Waals surface area contributed by atoms with Crippen molar-refractivity contribution in [1.29, 1.82) is 0 Å². The van der Waals surface area contributed by atoms with E-state index >= 15 is 0 Å². The zero-order chi connectivity index (χ0) is 14.0. The predicted molar refractivity (Wildman–Crippen MR) is 82.5 cm³/mol. The van der Waals surface area contributed by atoms with Crippen LogP contribution in [0.25, 0.3) is 0 Å². The second-order valence-electron chi connectivity index (χ2n) is 4.05. The van der Waals surface area contributed by atoms with Gasteiger partial charge in [-0.2, -0.15) is 0 Å². The lowest BCUT2D eigenvalue weighted by atomic mass is 10.1. The predicted octanol–water partition coefficient (Wildman–Crippen LogP) is 4.50. The normalized spacial score (nSPS) is 10.5. The zero-order valence-corrected chi connectivity index (χ0v) is 13.2. The number of carboxylic acid groups (broad SMARTS) is 1. The van der Waals surface area contributed by atoms with Gasteiger partial charge in [-0.3, -0.25) is 0 Å². The Bertz CT molecular complexity index is 614. The van der Waals surface area contributed by atoms with Crippen molar-refractivity contribution in [3.05, 3.63) is 49.6 Å². The number of nitrogens with zero attached hydrogens (tertiary/aromatic N) is 1. The zero-order valence-electron chi connectivity index (χ0n) is 10.1. The first-order valence-corrected chi connectivity index (χ1v) is 7.49. The lowest BCUT2D eigenvalue weighted by Crippen LogP contribution is -2.18. The van der Waals surface area contributed by atoms with Crippen molar-refractivity contribution in [2.45, 2.75) is 6.54 Å². The van der Waals surface area contributed by atoms with Gasteiger partial charge in [0.2, 0.25) is 0 Å². The van der Waals surface area contributed by atoms with Crippen LogP contribution in [0.15, 0.2) is 34.1 Å². The molecule has 0 saturated carbocycles. The molecule has 0 radical (unpaired) electrons. The van der Waals surface area contributed by atoms with Crippen molar-refractivity contribution >= 4 is 50.5 Å². The second kappa shape index (κ2) is 5.94. The molecule has 0 amide bonds. The SMILES string of the molecule is CN(Cc1cc(Br)cs1)c1cc(Cl)ccc1C(=O)O. The molecule has 1 heterocycles. The van der Waals surface area contributed by atoms with Crippen molar-refractivity contribution in [3.8, 4) is 0 Å². The van der Waals surface area contributed by atoms with E-state index in [0.29, 0.717) is 17.3 Å². The maximum atomic E-state index is 11.2. The van der Waals surface area contributed by atoms with Gasteiger partial charge in [-0.05, 0) is 40.2 Å². The highest BCUT2D eigenvalue weighted by Crippen LogP contribution is 2.27. The lowest BCUT2D eigenvalue weighted by Gasteiger charge is -2.20. The summed E-state index contributed by atoms with van der Waals surface area (Å²) >= 11 is 11.0. The van der Waals surface area contributed by atoms with Crippen LogP contribution >= 0.6 is 38.9 Å². The van der Waals surface area contributed by atoms with Gasteiger partial charge in [-0.1, -0.05) is 11.6 Å². The van der Waals surface area contributed by atoms with Gasteiger partial charge in [0.05, 0.1) is 17.8 Å². The van der Waals surface area contributed by atoms with Crippen LogP contribution < -0.4 is 4.90 Å². The molecule has 1 N–H and O–H groups in total. The van der Waals surface area contributed by atoms with E-state index in [4.69, 9.17) is 11.6 Å². The fourth-order valence-electron chi connectivity index (χ4n) is 1.76. The maximum Gasteiger partial charge on any atom is 0.337 e. The number of carboxylic acids is 1. The minimum absolute atomic E-state index is 0.252. The van der Waals surface area contributed by atoms with Gasteiger partial charge in [0.25, 0.3) is 0 Å². The largest absolute Gasteiger partial charge is 0.478 e. The Hall–Kier alpha value is -1.04. The third kappa shape index (κ3) is 3.49. The van der Waals surface area contributed by atoms with Gasteiger partial charge >= 0.3 is 5.97 Å². The van der Waals surface area contributed by atoms with Crippen LogP contribution in [-0.4, -0.2) is 18.1 Å². The van der Waals surface area contributed by atoms with Crippen LogP contribution in [0.4, 0.5) is 5.69 Å². The summed E-state index contributed by atoms with van der Waals surface area (Å²) in [6.45, 7) is 0.636. The quantitative estimate of drug-likeness (QED) is 0.873. The molecular formula is C13H11BrClNO2S. The molecule has 0 saturated heterocycles. The average Bonchev–Trinajstić information content (AvgIpc) is 2.74. The van der Waals surface area contributed by atoms with Crippen molar-refractivity contribution < 1.29 is 9.90 Å². The van der Waals surface area contributed by atoms with E-state index in [2.05, 4.69) is 15.9 Å². The topological polar surface area (TPSA) is 40.5 Å². The van der Waals surface area contributed by atoms with E-state index in [1.807, 2.05) is 23.4 Å². The number of hydrogen-bond acceptors (Lipinski definition) is 3. The molecular weight excluding hydrogens is 350 g/mol. The van der Waals surface area contributed by atoms with Gasteiger partial charge in [-0.15, -0.1) is 11.3 Å². The molecule has 0 atom stereocenters. The summed E-state index contributed by atoms with van der Waals surface area (Å²) in [5, 5.41) is 11.7. The molecule has 0 aliphatic carbocycles. The third-order valence-electron chi connectivity index (χ3n) is 2.62. The number of aromatic carboxylic acids is 1. The highest BCUT2D eigenvalue weighted by molar-refractivity contribution is 9.10. The summed E-state index contributed by atoms with van der Waals surface area (Å²) < 4.78 is 1.03. The van der Waals surface area contributed by atoms with Crippen LogP contribution in [0, 0.1) is 0 Å². The maximum absolute atomic E-state index is 11.2. The molecule has 0 fully saturated rings. The first kappa shape index (κ1) is 14.4. The standard InChI is InChI=1S/C13H11BrClNO2S/c1-16(6-10-4-8(14)7-19-10)12-5-9(15)2-3-11(12)13(17)18/h2-5,7H,6H2,1H3,(H,17,18). The molecule has 0 unspecified atom stereocenters. The summed E-state index contributed by atoms with van der Waals surface area (Å²) in [6, 6.07) is 6.81. The third-order valence-corrected chi connectivity index (χ3v) is 4.53. The van der Waals surface area contributed by atoms with Crippen molar-refractivity contribution in [3.63, 3.8) is 0 Å². The molecule has 2 rings (SSSR count). The van der Waals surface area contributed by atoms with Gasteiger partial charge in [-0.25, -0.2) is 4.79 Å². The minimum Gasteiger partial charge on any atom is -0.478 e. The number of benzene rings is 1. The fraction of sp³-hybridized carbons (Fsp3) is 0.154. The Balaban J connectivity index is 2.29. The van der Waals surface area contributed by atoms with Gasteiger partial charge in [0.15, 0.2) is 0 Å². The Morgan fingerprint density at radius 1 is 1.47 bits per heavy atom. The van der Waals surface area contributed by atoms with Crippen LogP contribution in [0.3, 0.4) is 0 Å². The van der Waals surface area contributed by atoms with E-state index < -0.39 is 5.97 Å². The van der Waals surface area contributed by atoms with E-state index in [-0.39, 0.29) is 5.56 Å². The molecule has 0 aliphatic heterocycles. The van der Waals surface area contributed by atoms with E-state index in [0.717, 1.165) is 9.35 Å². The van der Waals surface area contributed by atoms with Crippen molar-refractivity contribution in [2.24, 2.45) is 0 Å². The number of hydrogen-bond donors (Lipinski definition) is 1. The molecule has 6 heteroatoms. The lowest BCUT2D eigenvalue weighted by molar-refractivity contribution is 0.0697. The summed E-state index contributed by atoms with van der Waals surface area (Å²) in [6.07, 6.45) is 0. The smallest absolute Gasteiger partial charge is 0.337 e. The summed E-state index contributed by atoms with van der Waals surface area (Å²) in [4.78, 5) is 14.2. The molecule has 2 aromatic rings. The Kier molecular flexibility index (Phi) is 4.50. The molecule has 3 nitrogen and oxygen atoms in total. The first-order valence-electron chi connectivity index (χ1n) is 5.44. The monoisotopic (exact) mass is 359 g/mol. The highest BCUT2D eigenvalue weighted by Gasteiger charge is 2.14. The Morgan fingerprint density at radius 2 is 2.21 bits per heavy atom. The summed E-state index contributed by atoms with van der Waals surface area (Å²) in [7, 11) is 1.85. The number of anilines is 1. The number of halogens is 2. The molecule has 100 valence electrons. The van der Waals surface area contributed by atoms with Crippen molar-refractivity contribution in [1.82, 2.24) is 0 Å².